The van der Waals surface area contributed by atoms with Crippen LogP contribution >= 0.6 is 0 Å². The molecule has 2 aliphatic heterocycles. The van der Waals surface area contributed by atoms with Crippen molar-refractivity contribution in [1.82, 2.24) is 36.5 Å². The van der Waals surface area contributed by atoms with Gasteiger partial charge in [-0.2, -0.15) is 0 Å². The Morgan fingerprint density at radius 3 is 1.88 bits per heavy atom. The second-order valence-electron chi connectivity index (χ2n) is 15.4. The van der Waals surface area contributed by atoms with Gasteiger partial charge in [-0.25, -0.2) is 0 Å². The third-order valence-corrected chi connectivity index (χ3v) is 11.0. The third kappa shape index (κ3) is 10.9. The van der Waals surface area contributed by atoms with Crippen molar-refractivity contribution in [2.24, 2.45) is 5.73 Å². The van der Waals surface area contributed by atoms with Crippen LogP contribution in [-0.2, 0) is 48.0 Å². The molecule has 0 unspecified atom stereocenters. The first-order chi connectivity index (χ1) is 28.5. The summed E-state index contributed by atoms with van der Waals surface area (Å²) in [7, 11) is 0. The van der Waals surface area contributed by atoms with Crippen LogP contribution in [-0.4, -0.2) is 106 Å². The second kappa shape index (κ2) is 20.1. The highest BCUT2D eigenvalue weighted by molar-refractivity contribution is 5.99. The summed E-state index contributed by atoms with van der Waals surface area (Å²) in [5.41, 5.74) is 8.81. The molecule has 0 bridgehead atoms. The number of hydrogen-bond donors (Lipinski definition) is 8. The number of hydrogen-bond acceptors (Lipinski definition) is 8. The molecule has 6 amide bonds. The van der Waals surface area contributed by atoms with Gasteiger partial charge in [-0.15, -0.1) is 0 Å². The van der Waals surface area contributed by atoms with E-state index in [0.717, 1.165) is 27.6 Å². The highest BCUT2D eigenvalue weighted by Gasteiger charge is 2.41. The Hall–Kier alpha value is -6.06. The standard InChI is InChI=1S/C44H54N8O7/c1-27(53)38-43(58)50-36(24-29-15-6-3-7-16-29)44(59)52-22-12-20-37(52)42(57)49-34(23-28-13-4-2-5-14-28)40(55)48-35(25-30-26-46-32-18-9-8-17-31(30)32)41(56)47-33(39(54)51-38)19-10-11-21-45/h2-9,13-18,26-27,33-38,46,53H,10-12,19-25,45H2,1H3,(H,47,56)(H,48,55)(H,49,57)(H,50,58)(H,51,54)/t27-,33+,34+,35+,36+,37+,38+/m1/s1. The smallest absolute Gasteiger partial charge is 0.246 e. The van der Waals surface area contributed by atoms with Gasteiger partial charge in [0.05, 0.1) is 6.10 Å². The average molecular weight is 807 g/mol. The predicted octanol–water partition coefficient (Wildman–Crippen LogP) is 1.13. The van der Waals surface area contributed by atoms with Crippen molar-refractivity contribution >= 4 is 46.3 Å². The molecule has 9 N–H and O–H groups in total. The Kier molecular flexibility index (Phi) is 14.5. The minimum atomic E-state index is -1.51. The number of benzene rings is 3. The summed E-state index contributed by atoms with van der Waals surface area (Å²) in [6.07, 6.45) is 2.44. The van der Waals surface area contributed by atoms with E-state index in [2.05, 4.69) is 31.6 Å². The molecule has 3 heterocycles. The Morgan fingerprint density at radius 2 is 1.22 bits per heavy atom. The Labute approximate surface area is 343 Å². The van der Waals surface area contributed by atoms with Gasteiger partial charge in [0, 0.05) is 42.9 Å². The summed E-state index contributed by atoms with van der Waals surface area (Å²) in [6, 6.07) is 18.5. The van der Waals surface area contributed by atoms with E-state index in [9.17, 15) is 33.9 Å². The van der Waals surface area contributed by atoms with E-state index >= 15 is 0 Å². The number of rotatable bonds is 11. The van der Waals surface area contributed by atoms with Crippen LogP contribution in [0.3, 0.4) is 0 Å². The van der Waals surface area contributed by atoms with Crippen molar-refractivity contribution in [2.45, 2.75) is 101 Å². The zero-order valence-electron chi connectivity index (χ0n) is 33.2. The molecular weight excluding hydrogens is 753 g/mol. The van der Waals surface area contributed by atoms with Crippen LogP contribution in [0.4, 0.5) is 0 Å². The maximum Gasteiger partial charge on any atom is 0.246 e. The number of aromatic amines is 1. The lowest BCUT2D eigenvalue weighted by atomic mass is 10.00. The van der Waals surface area contributed by atoms with Crippen molar-refractivity contribution in [3.63, 3.8) is 0 Å². The third-order valence-electron chi connectivity index (χ3n) is 11.0. The molecule has 0 radical (unpaired) electrons. The Balaban J connectivity index is 1.40. The SMILES string of the molecule is C[C@@H](O)[C@@H]1NC(=O)[C@H](CCCCN)NC(=O)[C@H](Cc2c[nH]c3ccccc23)NC(=O)[C@H](Cc2ccccc2)NC(=O)[C@@H]2CCCN2C(=O)[C@H](Cc2ccccc2)NC1=O. The fourth-order valence-corrected chi connectivity index (χ4v) is 7.84. The minimum absolute atomic E-state index is 0.0249. The van der Waals surface area contributed by atoms with Gasteiger partial charge in [0.25, 0.3) is 0 Å². The molecule has 1 aromatic heterocycles. The number of amides is 6. The van der Waals surface area contributed by atoms with Crippen molar-refractivity contribution < 1.29 is 33.9 Å². The summed E-state index contributed by atoms with van der Waals surface area (Å²) in [4.78, 5) is 90.3. The maximum absolute atomic E-state index is 14.5. The fraction of sp³-hybridized carbons (Fsp3) is 0.409. The molecule has 2 fully saturated rings. The number of carbonyl (C=O) groups excluding carboxylic acids is 6. The zero-order chi connectivity index (χ0) is 41.9. The molecule has 4 aromatic rings. The number of para-hydroxylation sites is 1. The monoisotopic (exact) mass is 806 g/mol. The van der Waals surface area contributed by atoms with Crippen molar-refractivity contribution in [3.8, 4) is 0 Å². The first-order valence-electron chi connectivity index (χ1n) is 20.4. The van der Waals surface area contributed by atoms with E-state index in [1.807, 2.05) is 60.7 Å². The van der Waals surface area contributed by atoms with Gasteiger partial charge in [0.1, 0.15) is 36.3 Å². The fourth-order valence-electron chi connectivity index (χ4n) is 7.84. The number of nitrogens with one attached hydrogen (secondary N) is 6. The molecule has 15 nitrogen and oxygen atoms in total. The number of aliphatic hydroxyl groups excluding tert-OH is 1. The van der Waals surface area contributed by atoms with Crippen LogP contribution in [0.25, 0.3) is 10.9 Å². The normalized spacial score (nSPS) is 24.2. The van der Waals surface area contributed by atoms with Crippen LogP contribution in [0.1, 0.15) is 55.7 Å². The van der Waals surface area contributed by atoms with E-state index in [1.165, 1.54) is 11.8 Å². The first kappa shape index (κ1) is 42.5. The summed E-state index contributed by atoms with van der Waals surface area (Å²) in [5, 5.41) is 25.7. The molecule has 2 aliphatic rings. The van der Waals surface area contributed by atoms with E-state index < -0.39 is 77.8 Å². The summed E-state index contributed by atoms with van der Waals surface area (Å²) in [6.45, 7) is 1.90. The quantitative estimate of drug-likeness (QED) is 0.102. The van der Waals surface area contributed by atoms with Gasteiger partial charge in [-0.05, 0) is 68.3 Å². The number of nitrogens with two attached hydrogens (primary N) is 1. The van der Waals surface area contributed by atoms with Crippen LogP contribution < -0.4 is 32.3 Å². The Bertz CT molecular complexity index is 2090. The largest absolute Gasteiger partial charge is 0.391 e. The molecule has 3 aromatic carbocycles. The van der Waals surface area contributed by atoms with Crippen LogP contribution in [0.15, 0.2) is 91.1 Å². The van der Waals surface area contributed by atoms with Crippen LogP contribution in [0, 0.1) is 0 Å². The van der Waals surface area contributed by atoms with E-state index in [4.69, 9.17) is 5.73 Å². The van der Waals surface area contributed by atoms with Gasteiger partial charge in [-0.1, -0.05) is 78.9 Å². The van der Waals surface area contributed by atoms with Crippen molar-refractivity contribution in [2.75, 3.05) is 13.1 Å². The lowest BCUT2D eigenvalue weighted by Gasteiger charge is -2.32. The van der Waals surface area contributed by atoms with Gasteiger partial charge < -0.3 is 47.3 Å². The lowest BCUT2D eigenvalue weighted by molar-refractivity contribution is -0.143. The molecule has 7 atom stereocenters. The van der Waals surface area contributed by atoms with Crippen LogP contribution in [0.5, 0.6) is 0 Å². The van der Waals surface area contributed by atoms with Crippen molar-refractivity contribution in [3.05, 3.63) is 108 Å². The summed E-state index contributed by atoms with van der Waals surface area (Å²) in [5.74, 6) is -3.93. The van der Waals surface area contributed by atoms with Crippen molar-refractivity contribution in [1.29, 1.82) is 0 Å². The second-order valence-corrected chi connectivity index (χ2v) is 15.4. The maximum atomic E-state index is 14.5. The number of aromatic nitrogens is 1. The molecule has 312 valence electrons. The Morgan fingerprint density at radius 1 is 0.661 bits per heavy atom. The van der Waals surface area contributed by atoms with Gasteiger partial charge in [0.15, 0.2) is 0 Å². The molecule has 0 aliphatic carbocycles. The van der Waals surface area contributed by atoms with Gasteiger partial charge >= 0.3 is 0 Å². The molecule has 2 saturated heterocycles. The predicted molar refractivity (Wildman–Crippen MR) is 221 cm³/mol. The summed E-state index contributed by atoms with van der Waals surface area (Å²) < 4.78 is 0. The number of nitrogens with zero attached hydrogens (tertiary/aromatic N) is 1. The van der Waals surface area contributed by atoms with Gasteiger partial charge in [0.2, 0.25) is 35.4 Å². The number of unbranched alkanes of at least 4 members (excludes halogenated alkanes) is 1. The molecule has 0 saturated carbocycles. The molecule has 0 spiro atoms. The molecule has 15 heteroatoms. The first-order valence-corrected chi connectivity index (χ1v) is 20.4. The minimum Gasteiger partial charge on any atom is -0.391 e. The van der Waals surface area contributed by atoms with Gasteiger partial charge in [-0.3, -0.25) is 28.8 Å². The number of fused-ring (bicyclic) bond motifs is 2. The average Bonchev–Trinajstić information content (AvgIpc) is 3.90. The highest BCUT2D eigenvalue weighted by Crippen LogP contribution is 2.22. The molecule has 6 rings (SSSR count). The number of H-pyrrole nitrogens is 1. The van der Waals surface area contributed by atoms with E-state index in [0.29, 0.717) is 32.2 Å². The number of carbonyl (C=O) groups is 6. The number of aliphatic hydroxyl groups is 1. The topological polar surface area (TPSA) is 228 Å². The van der Waals surface area contributed by atoms with E-state index in [-0.39, 0.29) is 32.2 Å². The lowest BCUT2D eigenvalue weighted by Crippen LogP contribution is -2.63. The summed E-state index contributed by atoms with van der Waals surface area (Å²) >= 11 is 0. The zero-order valence-corrected chi connectivity index (χ0v) is 33.2. The van der Waals surface area contributed by atoms with E-state index in [1.54, 1.807) is 30.5 Å². The molecular formula is C44H54N8O7. The molecule has 59 heavy (non-hydrogen) atoms. The van der Waals surface area contributed by atoms with Crippen LogP contribution in [0.2, 0.25) is 0 Å². The highest BCUT2D eigenvalue weighted by atomic mass is 16.3.